The molecule has 1 aromatic heterocycles. The first-order chi connectivity index (χ1) is 11.4. The van der Waals surface area contributed by atoms with E-state index in [0.29, 0.717) is 28.6 Å². The summed E-state index contributed by atoms with van der Waals surface area (Å²) in [6.45, 7) is 7.05. The van der Waals surface area contributed by atoms with Crippen molar-refractivity contribution in [3.8, 4) is 0 Å². The Morgan fingerprint density at radius 1 is 1.48 bits per heavy atom. The molecule has 8 heteroatoms. The van der Waals surface area contributed by atoms with Gasteiger partial charge in [-0.1, -0.05) is 11.6 Å². The SMILES string of the molecule is C[C@H]1C[C@@]2(CCN1C(=O)OC(C)(C)C)OCC(F)(F)c1cc(Cl)sc12. The van der Waals surface area contributed by atoms with E-state index in [1.165, 1.54) is 6.07 Å². The fourth-order valence-corrected chi connectivity index (χ4v) is 4.94. The fraction of sp³-hybridized carbons (Fsp3) is 0.706. The van der Waals surface area contributed by atoms with Crippen LogP contribution in [0.3, 0.4) is 0 Å². The first-order valence-electron chi connectivity index (χ1n) is 8.25. The number of likely N-dealkylation sites (tertiary alicyclic amines) is 1. The van der Waals surface area contributed by atoms with Gasteiger partial charge in [0.1, 0.15) is 17.8 Å². The number of amides is 1. The molecule has 4 nitrogen and oxygen atoms in total. The molecular weight excluding hydrogens is 372 g/mol. The van der Waals surface area contributed by atoms with E-state index in [2.05, 4.69) is 0 Å². The standard InChI is InChI=1S/C17H22ClF2NO3S/c1-10-8-16(5-6-21(10)14(22)24-15(2,3)4)13-11(7-12(18)25-13)17(19,20)9-23-16/h7,10H,5-6,8-9H2,1-4H3/t10-,16+/m0/s1. The lowest BCUT2D eigenvalue weighted by Crippen LogP contribution is -2.54. The Morgan fingerprint density at radius 3 is 2.76 bits per heavy atom. The van der Waals surface area contributed by atoms with E-state index in [0.717, 1.165) is 11.3 Å². The van der Waals surface area contributed by atoms with Gasteiger partial charge in [0, 0.05) is 29.4 Å². The Morgan fingerprint density at radius 2 is 2.16 bits per heavy atom. The summed E-state index contributed by atoms with van der Waals surface area (Å²) < 4.78 is 39.8. The predicted molar refractivity (Wildman–Crippen MR) is 92.5 cm³/mol. The molecule has 1 saturated heterocycles. The monoisotopic (exact) mass is 393 g/mol. The first-order valence-corrected chi connectivity index (χ1v) is 9.45. The highest BCUT2D eigenvalue weighted by Gasteiger charge is 2.53. The van der Waals surface area contributed by atoms with Crippen molar-refractivity contribution in [1.82, 2.24) is 4.90 Å². The van der Waals surface area contributed by atoms with Gasteiger partial charge in [-0.15, -0.1) is 11.3 Å². The van der Waals surface area contributed by atoms with Crippen LogP contribution < -0.4 is 0 Å². The van der Waals surface area contributed by atoms with Gasteiger partial charge in [-0.2, -0.15) is 8.78 Å². The zero-order valence-electron chi connectivity index (χ0n) is 14.7. The molecule has 0 aromatic carbocycles. The molecule has 0 unspecified atom stereocenters. The third kappa shape index (κ3) is 3.51. The van der Waals surface area contributed by atoms with E-state index < -0.39 is 23.7 Å². The van der Waals surface area contributed by atoms with Crippen LogP contribution in [0.25, 0.3) is 0 Å². The van der Waals surface area contributed by atoms with Gasteiger partial charge in [0.25, 0.3) is 5.92 Å². The third-order valence-corrected chi connectivity index (χ3v) is 6.03. The lowest BCUT2D eigenvalue weighted by molar-refractivity contribution is -0.186. The number of carbonyl (C=O) groups excluding carboxylic acids is 1. The van der Waals surface area contributed by atoms with Gasteiger partial charge in [-0.05, 0) is 40.2 Å². The second-order valence-corrected chi connectivity index (χ2v) is 9.44. The van der Waals surface area contributed by atoms with Gasteiger partial charge in [-0.3, -0.25) is 0 Å². The highest BCUT2D eigenvalue weighted by molar-refractivity contribution is 7.16. The second-order valence-electron chi connectivity index (χ2n) is 7.76. The minimum Gasteiger partial charge on any atom is -0.444 e. The zero-order valence-corrected chi connectivity index (χ0v) is 16.3. The number of alkyl halides is 2. The number of hydrogen-bond donors (Lipinski definition) is 0. The minimum atomic E-state index is -3.03. The number of ether oxygens (including phenoxy) is 2. The molecule has 140 valence electrons. The number of carbonyl (C=O) groups is 1. The number of halogens is 3. The predicted octanol–water partition coefficient (Wildman–Crippen LogP) is 5.14. The van der Waals surface area contributed by atoms with E-state index >= 15 is 0 Å². The molecule has 2 aliphatic heterocycles. The van der Waals surface area contributed by atoms with Gasteiger partial charge >= 0.3 is 6.09 Å². The van der Waals surface area contributed by atoms with Crippen molar-refractivity contribution < 1.29 is 23.0 Å². The van der Waals surface area contributed by atoms with E-state index in [9.17, 15) is 13.6 Å². The highest BCUT2D eigenvalue weighted by Crippen LogP contribution is 2.53. The van der Waals surface area contributed by atoms with Gasteiger partial charge in [0.05, 0.1) is 4.34 Å². The molecule has 2 aliphatic rings. The van der Waals surface area contributed by atoms with Crippen molar-refractivity contribution >= 4 is 29.0 Å². The Hall–Kier alpha value is -0.920. The number of hydrogen-bond acceptors (Lipinski definition) is 4. The van der Waals surface area contributed by atoms with Gasteiger partial charge < -0.3 is 14.4 Å². The number of rotatable bonds is 0. The first kappa shape index (κ1) is 18.9. The number of fused-ring (bicyclic) bond motifs is 2. The summed E-state index contributed by atoms with van der Waals surface area (Å²) >= 11 is 7.16. The zero-order chi connectivity index (χ0) is 18.6. The normalized spacial score (nSPS) is 28.8. The summed E-state index contributed by atoms with van der Waals surface area (Å²) in [4.78, 5) is 14.5. The van der Waals surface area contributed by atoms with E-state index in [-0.39, 0.29) is 17.7 Å². The maximum absolute atomic E-state index is 14.2. The average molecular weight is 394 g/mol. The van der Waals surface area contributed by atoms with E-state index in [1.807, 2.05) is 27.7 Å². The molecule has 25 heavy (non-hydrogen) atoms. The molecule has 0 N–H and O–H groups in total. The highest BCUT2D eigenvalue weighted by atomic mass is 35.5. The molecule has 0 aliphatic carbocycles. The Balaban J connectivity index is 1.84. The summed E-state index contributed by atoms with van der Waals surface area (Å²) in [5.74, 6) is -3.03. The van der Waals surface area contributed by atoms with Crippen LogP contribution in [-0.2, 0) is 21.0 Å². The van der Waals surface area contributed by atoms with Crippen molar-refractivity contribution in [3.63, 3.8) is 0 Å². The Kier molecular flexibility index (Phi) is 4.57. The van der Waals surface area contributed by atoms with Crippen LogP contribution in [-0.4, -0.2) is 35.8 Å². The third-order valence-electron chi connectivity index (χ3n) is 4.58. The summed E-state index contributed by atoms with van der Waals surface area (Å²) in [7, 11) is 0. The minimum absolute atomic E-state index is 0.0355. The molecule has 3 rings (SSSR count). The van der Waals surface area contributed by atoms with Crippen molar-refractivity contribution in [2.75, 3.05) is 13.2 Å². The van der Waals surface area contributed by atoms with Crippen molar-refractivity contribution in [1.29, 1.82) is 0 Å². The molecule has 0 saturated carbocycles. The number of thiophene rings is 1. The van der Waals surface area contributed by atoms with Crippen LogP contribution in [0.4, 0.5) is 13.6 Å². The summed E-state index contributed by atoms with van der Waals surface area (Å²) in [5, 5.41) is 0. The van der Waals surface area contributed by atoms with Gasteiger partial charge in [0.15, 0.2) is 0 Å². The quantitative estimate of drug-likeness (QED) is 0.612. The lowest BCUT2D eigenvalue weighted by atomic mass is 9.81. The fourth-order valence-electron chi connectivity index (χ4n) is 3.48. The molecular formula is C17H22ClF2NO3S. The van der Waals surface area contributed by atoms with Crippen LogP contribution in [0.2, 0.25) is 4.34 Å². The van der Waals surface area contributed by atoms with Gasteiger partial charge in [0.2, 0.25) is 0 Å². The number of nitrogens with zero attached hydrogens (tertiary/aromatic N) is 1. The topological polar surface area (TPSA) is 38.8 Å². The van der Waals surface area contributed by atoms with Gasteiger partial charge in [-0.25, -0.2) is 4.79 Å². The molecule has 3 heterocycles. The number of piperidine rings is 1. The van der Waals surface area contributed by atoms with Crippen molar-refractivity contribution in [2.24, 2.45) is 0 Å². The lowest BCUT2D eigenvalue weighted by Gasteiger charge is -2.47. The molecule has 1 fully saturated rings. The van der Waals surface area contributed by atoms with Crippen LogP contribution in [0, 0.1) is 0 Å². The maximum atomic E-state index is 14.2. The summed E-state index contributed by atoms with van der Waals surface area (Å²) in [6, 6.07) is 1.15. The van der Waals surface area contributed by atoms with Crippen LogP contribution >= 0.6 is 22.9 Å². The van der Waals surface area contributed by atoms with Crippen molar-refractivity contribution in [2.45, 2.75) is 63.7 Å². The molecule has 1 spiro atoms. The van der Waals surface area contributed by atoms with E-state index in [1.54, 1.807) is 4.90 Å². The molecule has 1 amide bonds. The van der Waals surface area contributed by atoms with Crippen LogP contribution in [0.15, 0.2) is 6.07 Å². The van der Waals surface area contributed by atoms with Crippen LogP contribution in [0.5, 0.6) is 0 Å². The molecule has 0 radical (unpaired) electrons. The van der Waals surface area contributed by atoms with Crippen molar-refractivity contribution in [3.05, 3.63) is 20.8 Å². The van der Waals surface area contributed by atoms with E-state index in [4.69, 9.17) is 21.1 Å². The summed E-state index contributed by atoms with van der Waals surface area (Å²) in [6.07, 6.45) is 0.489. The molecule has 1 aromatic rings. The Bertz CT molecular complexity index is 688. The summed E-state index contributed by atoms with van der Waals surface area (Å²) in [5.41, 5.74) is -1.43. The maximum Gasteiger partial charge on any atom is 0.410 e. The smallest absolute Gasteiger partial charge is 0.410 e. The molecule has 0 bridgehead atoms. The largest absolute Gasteiger partial charge is 0.444 e. The average Bonchev–Trinajstić information content (AvgIpc) is 2.86. The Labute approximate surface area is 155 Å². The second kappa shape index (κ2) is 6.06. The van der Waals surface area contributed by atoms with Crippen LogP contribution in [0.1, 0.15) is 51.0 Å². The molecule has 2 atom stereocenters.